The summed E-state index contributed by atoms with van der Waals surface area (Å²) in [6.07, 6.45) is 5.71. The van der Waals surface area contributed by atoms with Crippen molar-refractivity contribution in [1.29, 1.82) is 0 Å². The molecule has 0 saturated carbocycles. The summed E-state index contributed by atoms with van der Waals surface area (Å²) in [7, 11) is 0. The second-order valence-electron chi connectivity index (χ2n) is 9.08. The van der Waals surface area contributed by atoms with Crippen LogP contribution >= 0.6 is 0 Å². The summed E-state index contributed by atoms with van der Waals surface area (Å²) in [5.41, 5.74) is 8.95. The molecule has 4 aromatic carbocycles. The van der Waals surface area contributed by atoms with Gasteiger partial charge in [0.25, 0.3) is 0 Å². The van der Waals surface area contributed by atoms with E-state index < -0.39 is 0 Å². The molecule has 0 N–H and O–H groups in total. The van der Waals surface area contributed by atoms with Gasteiger partial charge in [0.1, 0.15) is 0 Å². The van der Waals surface area contributed by atoms with Crippen LogP contribution in [0.25, 0.3) is 50.2 Å². The maximum Gasteiger partial charge on any atom is 0.0541 e. The molecule has 2 heteroatoms. The van der Waals surface area contributed by atoms with E-state index in [-0.39, 0.29) is 0 Å². The molecule has 6 aromatic rings. The molecule has 2 aromatic heterocycles. The molecule has 0 aliphatic heterocycles. The van der Waals surface area contributed by atoms with E-state index in [4.69, 9.17) is 0 Å². The highest BCUT2D eigenvalue weighted by Gasteiger charge is 2.23. The SMILES string of the molecule is C[C@@H]1CC=Cc2c1n(-c1cccc(-n3c4ccccc4c4ccccc43)c1)c1ccccc21. The molecule has 1 aliphatic rings. The number of allylic oxidation sites excluding steroid dienone is 1. The highest BCUT2D eigenvalue weighted by Crippen LogP contribution is 2.40. The van der Waals surface area contributed by atoms with Gasteiger partial charge in [-0.2, -0.15) is 0 Å². The summed E-state index contributed by atoms with van der Waals surface area (Å²) in [6.45, 7) is 2.34. The Balaban J connectivity index is 1.53. The molecule has 0 unspecified atom stereocenters. The standard InChI is InChI=1S/C31H24N2/c1-21-10-8-16-27-26-15-4-7-19-30(26)33(31(21)27)23-12-9-11-22(20-23)32-28-17-5-2-13-24(28)25-14-3-6-18-29(25)32/h2-9,11-21H,10H2,1H3/t21-/m1/s1. The monoisotopic (exact) mass is 424 g/mol. The number of benzene rings is 4. The molecule has 2 heterocycles. The van der Waals surface area contributed by atoms with Gasteiger partial charge in [-0.05, 0) is 42.8 Å². The summed E-state index contributed by atoms with van der Waals surface area (Å²) in [5, 5.41) is 3.92. The topological polar surface area (TPSA) is 9.86 Å². The van der Waals surface area contributed by atoms with Crippen LogP contribution in [-0.4, -0.2) is 9.13 Å². The first-order valence-electron chi connectivity index (χ1n) is 11.7. The lowest BCUT2D eigenvalue weighted by Crippen LogP contribution is -2.07. The van der Waals surface area contributed by atoms with Crippen LogP contribution < -0.4 is 0 Å². The van der Waals surface area contributed by atoms with Crippen LogP contribution in [-0.2, 0) is 0 Å². The van der Waals surface area contributed by atoms with E-state index in [0.29, 0.717) is 5.92 Å². The minimum atomic E-state index is 0.481. The number of rotatable bonds is 2. The van der Waals surface area contributed by atoms with E-state index in [2.05, 4.69) is 125 Å². The maximum absolute atomic E-state index is 2.48. The van der Waals surface area contributed by atoms with Crippen molar-refractivity contribution in [3.8, 4) is 11.4 Å². The highest BCUT2D eigenvalue weighted by atomic mass is 15.0. The zero-order chi connectivity index (χ0) is 21.9. The van der Waals surface area contributed by atoms with E-state index in [0.717, 1.165) is 6.42 Å². The lowest BCUT2D eigenvalue weighted by molar-refractivity contribution is 0.723. The van der Waals surface area contributed by atoms with Crippen LogP contribution in [0.5, 0.6) is 0 Å². The molecule has 158 valence electrons. The fourth-order valence-corrected chi connectivity index (χ4v) is 5.70. The molecule has 0 amide bonds. The maximum atomic E-state index is 2.48. The molecule has 0 spiro atoms. The Kier molecular flexibility index (Phi) is 3.92. The summed E-state index contributed by atoms with van der Waals surface area (Å²) >= 11 is 0. The Morgan fingerprint density at radius 3 is 1.82 bits per heavy atom. The zero-order valence-corrected chi connectivity index (χ0v) is 18.6. The molecule has 7 rings (SSSR count). The lowest BCUT2D eigenvalue weighted by Gasteiger charge is -2.20. The van der Waals surface area contributed by atoms with Crippen molar-refractivity contribution in [1.82, 2.24) is 9.13 Å². The Morgan fingerprint density at radius 2 is 1.15 bits per heavy atom. The molecule has 0 saturated heterocycles. The minimum absolute atomic E-state index is 0.481. The smallest absolute Gasteiger partial charge is 0.0541 e. The van der Waals surface area contributed by atoms with Gasteiger partial charge in [0.2, 0.25) is 0 Å². The second kappa shape index (κ2) is 6.98. The van der Waals surface area contributed by atoms with Crippen molar-refractivity contribution in [3.63, 3.8) is 0 Å². The van der Waals surface area contributed by atoms with Crippen LogP contribution in [0.3, 0.4) is 0 Å². The fraction of sp³-hybridized carbons (Fsp3) is 0.0968. The van der Waals surface area contributed by atoms with Crippen molar-refractivity contribution in [2.24, 2.45) is 0 Å². The van der Waals surface area contributed by atoms with Gasteiger partial charge in [-0.1, -0.05) is 79.7 Å². The average molecular weight is 425 g/mol. The third-order valence-electron chi connectivity index (χ3n) is 7.12. The Bertz CT molecular complexity index is 1660. The first-order valence-corrected chi connectivity index (χ1v) is 11.7. The van der Waals surface area contributed by atoms with E-state index in [1.165, 1.54) is 55.3 Å². The molecular formula is C31H24N2. The van der Waals surface area contributed by atoms with Gasteiger partial charge in [0, 0.05) is 44.7 Å². The third kappa shape index (κ3) is 2.61. The highest BCUT2D eigenvalue weighted by molar-refractivity contribution is 6.09. The summed E-state index contributed by atoms with van der Waals surface area (Å²) < 4.78 is 4.88. The molecule has 1 aliphatic carbocycles. The van der Waals surface area contributed by atoms with E-state index in [1.807, 2.05) is 0 Å². The van der Waals surface area contributed by atoms with Crippen molar-refractivity contribution in [2.45, 2.75) is 19.3 Å². The molecular weight excluding hydrogens is 400 g/mol. The second-order valence-corrected chi connectivity index (χ2v) is 9.08. The van der Waals surface area contributed by atoms with Crippen molar-refractivity contribution < 1.29 is 0 Å². The largest absolute Gasteiger partial charge is 0.313 e. The molecule has 0 fully saturated rings. The predicted octanol–water partition coefficient (Wildman–Crippen LogP) is 8.25. The van der Waals surface area contributed by atoms with Gasteiger partial charge in [0.05, 0.1) is 16.6 Å². The molecule has 0 radical (unpaired) electrons. The molecule has 2 nitrogen and oxygen atoms in total. The number of nitrogens with zero attached hydrogens (tertiary/aromatic N) is 2. The van der Waals surface area contributed by atoms with Gasteiger partial charge >= 0.3 is 0 Å². The quantitative estimate of drug-likeness (QED) is 0.265. The zero-order valence-electron chi connectivity index (χ0n) is 18.6. The van der Waals surface area contributed by atoms with Gasteiger partial charge in [-0.25, -0.2) is 0 Å². The van der Waals surface area contributed by atoms with Crippen LogP contribution in [0.2, 0.25) is 0 Å². The van der Waals surface area contributed by atoms with Gasteiger partial charge in [-0.15, -0.1) is 0 Å². The van der Waals surface area contributed by atoms with Crippen LogP contribution in [0, 0.1) is 0 Å². The Labute approximate surface area is 193 Å². The number of aromatic nitrogens is 2. The van der Waals surface area contributed by atoms with Crippen molar-refractivity contribution in [3.05, 3.63) is 114 Å². The van der Waals surface area contributed by atoms with Crippen molar-refractivity contribution in [2.75, 3.05) is 0 Å². The Morgan fingerprint density at radius 1 is 0.606 bits per heavy atom. The average Bonchev–Trinajstić information content (AvgIpc) is 3.38. The normalized spacial score (nSPS) is 15.5. The number of para-hydroxylation sites is 3. The third-order valence-corrected chi connectivity index (χ3v) is 7.12. The van der Waals surface area contributed by atoms with Gasteiger partial charge in [0.15, 0.2) is 0 Å². The minimum Gasteiger partial charge on any atom is -0.313 e. The van der Waals surface area contributed by atoms with Gasteiger partial charge < -0.3 is 9.13 Å². The number of hydrogen-bond acceptors (Lipinski definition) is 0. The van der Waals surface area contributed by atoms with Crippen LogP contribution in [0.1, 0.15) is 30.5 Å². The van der Waals surface area contributed by atoms with Crippen molar-refractivity contribution >= 4 is 38.8 Å². The number of hydrogen-bond donors (Lipinski definition) is 0. The molecule has 1 atom stereocenters. The number of fused-ring (bicyclic) bond motifs is 6. The first-order chi connectivity index (χ1) is 16.3. The first kappa shape index (κ1) is 18.5. The summed E-state index contributed by atoms with van der Waals surface area (Å²) in [4.78, 5) is 0. The van der Waals surface area contributed by atoms with Crippen LogP contribution in [0.15, 0.2) is 103 Å². The van der Waals surface area contributed by atoms with E-state index in [1.54, 1.807) is 0 Å². The van der Waals surface area contributed by atoms with E-state index >= 15 is 0 Å². The van der Waals surface area contributed by atoms with E-state index in [9.17, 15) is 0 Å². The summed E-state index contributed by atoms with van der Waals surface area (Å²) in [5.74, 6) is 0.481. The molecule has 33 heavy (non-hydrogen) atoms. The fourth-order valence-electron chi connectivity index (χ4n) is 5.70. The Hall–Kier alpha value is -4.04. The van der Waals surface area contributed by atoms with Crippen LogP contribution in [0.4, 0.5) is 0 Å². The van der Waals surface area contributed by atoms with Gasteiger partial charge in [-0.3, -0.25) is 0 Å². The predicted molar refractivity (Wildman–Crippen MR) is 140 cm³/mol. The summed E-state index contributed by atoms with van der Waals surface area (Å²) in [6, 6.07) is 35.2. The lowest BCUT2D eigenvalue weighted by atomic mass is 9.93. The molecule has 0 bridgehead atoms.